The van der Waals surface area contributed by atoms with Gasteiger partial charge in [-0.25, -0.2) is 0 Å². The molecule has 0 amide bonds. The van der Waals surface area contributed by atoms with Crippen molar-refractivity contribution in [1.29, 1.82) is 0 Å². The highest BCUT2D eigenvalue weighted by atomic mass is 16.6. The number of carbonyl (C=O) groups is 2. The Morgan fingerprint density at radius 2 is 1.76 bits per heavy atom. The number of carbonyl (C=O) groups excluding carboxylic acids is 2. The van der Waals surface area contributed by atoms with Gasteiger partial charge in [0.2, 0.25) is 0 Å². The predicted molar refractivity (Wildman–Crippen MR) is 172 cm³/mol. The molecular formula is C38H62O4. The van der Waals surface area contributed by atoms with Crippen LogP contribution in [0.15, 0.2) is 23.8 Å². The van der Waals surface area contributed by atoms with E-state index in [2.05, 4.69) is 40.7 Å². The zero-order valence-electron chi connectivity index (χ0n) is 28.3. The summed E-state index contributed by atoms with van der Waals surface area (Å²) >= 11 is 0. The first-order valence-electron chi connectivity index (χ1n) is 17.4. The van der Waals surface area contributed by atoms with Crippen molar-refractivity contribution in [3.05, 3.63) is 23.8 Å². The lowest BCUT2D eigenvalue weighted by Gasteiger charge is -2.58. The summed E-state index contributed by atoms with van der Waals surface area (Å²) in [4.78, 5) is 24.0. The summed E-state index contributed by atoms with van der Waals surface area (Å²) in [5, 5.41) is 0. The van der Waals surface area contributed by atoms with Crippen LogP contribution >= 0.6 is 0 Å². The second-order valence-electron chi connectivity index (χ2n) is 16.5. The maximum Gasteiger partial charge on any atom is 0.313 e. The molecule has 238 valence electrons. The van der Waals surface area contributed by atoms with E-state index < -0.39 is 11.6 Å². The van der Waals surface area contributed by atoms with Crippen molar-refractivity contribution in [2.24, 2.45) is 46.3 Å². The van der Waals surface area contributed by atoms with Gasteiger partial charge in [-0.2, -0.15) is 0 Å². The van der Waals surface area contributed by atoms with E-state index in [9.17, 15) is 9.59 Å². The quantitative estimate of drug-likeness (QED) is 0.131. The van der Waals surface area contributed by atoms with Crippen molar-refractivity contribution in [2.45, 2.75) is 151 Å². The van der Waals surface area contributed by atoms with Gasteiger partial charge in [0.25, 0.3) is 0 Å². The molecule has 0 aromatic rings. The normalized spacial score (nSPS) is 35.4. The van der Waals surface area contributed by atoms with Gasteiger partial charge in [-0.05, 0) is 118 Å². The van der Waals surface area contributed by atoms with E-state index in [1.165, 1.54) is 57.8 Å². The van der Waals surface area contributed by atoms with Gasteiger partial charge in [0.15, 0.2) is 0 Å². The molecule has 3 saturated carbocycles. The van der Waals surface area contributed by atoms with Crippen LogP contribution in [0.25, 0.3) is 0 Å². The zero-order chi connectivity index (χ0) is 30.7. The molecule has 4 heteroatoms. The highest BCUT2D eigenvalue weighted by molar-refractivity contribution is 5.96. The molecule has 0 aliphatic heterocycles. The average molecular weight is 583 g/mol. The SMILES string of the molecule is CC(C)CCC[C@@H](C)[C@H]1CCC2C3CC=C4C[C@@H](OC/C=C/CC(=O)CC(=O)OC(C)(C)C)CC[C@]4(C)C3CC[C@@]21C. The molecule has 8 atom stereocenters. The smallest absolute Gasteiger partial charge is 0.313 e. The Labute approximate surface area is 257 Å². The Morgan fingerprint density at radius 3 is 2.48 bits per heavy atom. The number of rotatable bonds is 12. The molecule has 4 rings (SSSR count). The number of fused-ring (bicyclic) bond motifs is 5. The third-order valence-electron chi connectivity index (χ3n) is 12.0. The fourth-order valence-electron chi connectivity index (χ4n) is 9.88. The van der Waals surface area contributed by atoms with Crippen molar-refractivity contribution in [3.63, 3.8) is 0 Å². The number of ketones is 1. The molecule has 0 aromatic heterocycles. The Kier molecular flexibility index (Phi) is 10.9. The molecule has 3 fully saturated rings. The van der Waals surface area contributed by atoms with E-state index in [1.807, 2.05) is 32.9 Å². The first-order valence-corrected chi connectivity index (χ1v) is 17.4. The Balaban J connectivity index is 1.26. The number of hydrogen-bond donors (Lipinski definition) is 0. The second-order valence-corrected chi connectivity index (χ2v) is 16.5. The van der Waals surface area contributed by atoms with Crippen molar-refractivity contribution >= 4 is 11.8 Å². The lowest BCUT2D eigenvalue weighted by molar-refractivity contribution is -0.156. The largest absolute Gasteiger partial charge is 0.460 e. The minimum atomic E-state index is -0.561. The molecule has 3 unspecified atom stereocenters. The summed E-state index contributed by atoms with van der Waals surface area (Å²) in [5.74, 6) is 4.64. The summed E-state index contributed by atoms with van der Waals surface area (Å²) in [7, 11) is 0. The van der Waals surface area contributed by atoms with Gasteiger partial charge < -0.3 is 9.47 Å². The van der Waals surface area contributed by atoms with Crippen molar-refractivity contribution in [3.8, 4) is 0 Å². The van der Waals surface area contributed by atoms with Crippen LogP contribution in [-0.2, 0) is 19.1 Å². The van der Waals surface area contributed by atoms with Crippen LogP contribution in [0.4, 0.5) is 0 Å². The zero-order valence-corrected chi connectivity index (χ0v) is 28.3. The van der Waals surface area contributed by atoms with Gasteiger partial charge in [-0.15, -0.1) is 0 Å². The highest BCUT2D eigenvalue weighted by Crippen LogP contribution is 2.67. The number of esters is 1. The number of Topliss-reactive ketones (excluding diaryl/α,β-unsaturated/α-hetero) is 1. The first kappa shape index (κ1) is 33.5. The summed E-state index contributed by atoms with van der Waals surface area (Å²) in [5.41, 5.74) is 1.99. The van der Waals surface area contributed by atoms with Crippen LogP contribution in [-0.4, -0.2) is 30.1 Å². The topological polar surface area (TPSA) is 52.6 Å². The first-order chi connectivity index (χ1) is 19.7. The minimum Gasteiger partial charge on any atom is -0.460 e. The van der Waals surface area contributed by atoms with E-state index in [0.717, 1.165) is 48.3 Å². The fourth-order valence-corrected chi connectivity index (χ4v) is 9.88. The van der Waals surface area contributed by atoms with Gasteiger partial charge in [-0.1, -0.05) is 77.7 Å². The van der Waals surface area contributed by atoms with Crippen molar-refractivity contribution in [1.82, 2.24) is 0 Å². The molecule has 0 aromatic carbocycles. The van der Waals surface area contributed by atoms with E-state index >= 15 is 0 Å². The molecule has 4 aliphatic rings. The van der Waals surface area contributed by atoms with E-state index in [4.69, 9.17) is 9.47 Å². The number of hydrogen-bond acceptors (Lipinski definition) is 4. The number of ether oxygens (including phenoxy) is 2. The van der Waals surface area contributed by atoms with Crippen molar-refractivity contribution in [2.75, 3.05) is 6.61 Å². The Hall–Kier alpha value is -1.42. The van der Waals surface area contributed by atoms with E-state index in [-0.39, 0.29) is 24.7 Å². The Bertz CT molecular complexity index is 1000. The van der Waals surface area contributed by atoms with Crippen LogP contribution in [0, 0.1) is 46.3 Å². The van der Waals surface area contributed by atoms with E-state index in [0.29, 0.717) is 17.4 Å². The minimum absolute atomic E-state index is 0.117. The monoisotopic (exact) mass is 582 g/mol. The lowest BCUT2D eigenvalue weighted by Crippen LogP contribution is -2.51. The summed E-state index contributed by atoms with van der Waals surface area (Å²) in [6, 6.07) is 0. The number of allylic oxidation sites excluding steroid dienone is 2. The van der Waals surface area contributed by atoms with Gasteiger partial charge in [0.1, 0.15) is 17.8 Å². The van der Waals surface area contributed by atoms with E-state index in [1.54, 1.807) is 5.57 Å². The standard InChI is InChI=1S/C38H62O4/c1-26(2)12-11-13-27(3)32-17-18-33-31-16-15-28-24-30(19-21-37(28,7)34(31)20-22-38(32,33)8)41-23-10-9-14-29(39)25-35(40)42-36(4,5)6/h9-10,15,26-27,30-34H,11-14,16-25H2,1-8H3/b10-9+/t27-,30+,31?,32-,33?,34?,37+,38-/m1/s1. The maximum absolute atomic E-state index is 12.1. The third-order valence-corrected chi connectivity index (χ3v) is 12.0. The predicted octanol–water partition coefficient (Wildman–Crippen LogP) is 9.66. The molecule has 0 saturated heterocycles. The average Bonchev–Trinajstić information content (AvgIpc) is 3.24. The van der Waals surface area contributed by atoms with Crippen LogP contribution in [0.5, 0.6) is 0 Å². The molecule has 0 spiro atoms. The van der Waals surface area contributed by atoms with Gasteiger partial charge in [0, 0.05) is 6.42 Å². The van der Waals surface area contributed by atoms with Gasteiger partial charge in [0.05, 0.1) is 12.7 Å². The lowest BCUT2D eigenvalue weighted by atomic mass is 9.47. The molecule has 0 N–H and O–H groups in total. The van der Waals surface area contributed by atoms with Crippen LogP contribution in [0.1, 0.15) is 139 Å². The summed E-state index contributed by atoms with van der Waals surface area (Å²) in [6.07, 6.45) is 21.4. The molecule has 0 bridgehead atoms. The van der Waals surface area contributed by atoms with Crippen LogP contribution in [0.3, 0.4) is 0 Å². The molecule has 0 radical (unpaired) electrons. The van der Waals surface area contributed by atoms with Gasteiger partial charge >= 0.3 is 5.97 Å². The molecule has 0 heterocycles. The maximum atomic E-state index is 12.1. The summed E-state index contributed by atoms with van der Waals surface area (Å²) in [6.45, 7) is 18.5. The van der Waals surface area contributed by atoms with Crippen LogP contribution in [0.2, 0.25) is 0 Å². The second kappa shape index (κ2) is 13.7. The van der Waals surface area contributed by atoms with Gasteiger partial charge in [-0.3, -0.25) is 9.59 Å². The molecule has 4 nitrogen and oxygen atoms in total. The highest BCUT2D eigenvalue weighted by Gasteiger charge is 2.59. The molecule has 42 heavy (non-hydrogen) atoms. The van der Waals surface area contributed by atoms with Crippen LogP contribution < -0.4 is 0 Å². The molecule has 4 aliphatic carbocycles. The fraction of sp³-hybridized carbons (Fsp3) is 0.842. The Morgan fingerprint density at radius 1 is 1.00 bits per heavy atom. The third kappa shape index (κ3) is 7.80. The molecular weight excluding hydrogens is 520 g/mol. The summed E-state index contributed by atoms with van der Waals surface area (Å²) < 4.78 is 11.5. The van der Waals surface area contributed by atoms with Crippen molar-refractivity contribution < 1.29 is 19.1 Å².